The second-order valence-electron chi connectivity index (χ2n) is 6.96. The second-order valence-corrected chi connectivity index (χ2v) is 9.52. The monoisotopic (exact) mass is 496 g/mol. The van der Waals surface area contributed by atoms with Crippen molar-refractivity contribution in [1.82, 2.24) is 10.2 Å². The molecule has 11 heteroatoms. The predicted molar refractivity (Wildman–Crippen MR) is 130 cm³/mol. The van der Waals surface area contributed by atoms with E-state index in [9.17, 15) is 13.2 Å². The molecule has 1 heterocycles. The minimum absolute atomic E-state index is 0.0621. The number of hydrogen-bond acceptors (Lipinski definition) is 8. The van der Waals surface area contributed by atoms with Crippen molar-refractivity contribution in [2.45, 2.75) is 9.79 Å². The third kappa shape index (κ3) is 5.38. The molecular formula is C23H20N4O5S2. The van der Waals surface area contributed by atoms with Crippen LogP contribution in [0.1, 0.15) is 10.4 Å². The Morgan fingerprint density at radius 2 is 1.74 bits per heavy atom. The van der Waals surface area contributed by atoms with Gasteiger partial charge in [0.2, 0.25) is 5.89 Å². The topological polar surface area (TPSA) is 123 Å². The lowest BCUT2D eigenvalue weighted by Crippen LogP contribution is -2.15. The smallest absolute Gasteiger partial charge is 0.322 e. The molecule has 2 N–H and O–H groups in total. The number of nitrogens with zero attached hydrogens (tertiary/aromatic N) is 2. The molecule has 0 radical (unpaired) electrons. The maximum absolute atomic E-state index is 12.7. The van der Waals surface area contributed by atoms with E-state index in [1.165, 1.54) is 25.3 Å². The second kappa shape index (κ2) is 9.98. The number of methoxy groups -OCH3 is 1. The quantitative estimate of drug-likeness (QED) is 0.341. The van der Waals surface area contributed by atoms with Crippen LogP contribution in [-0.4, -0.2) is 37.9 Å². The van der Waals surface area contributed by atoms with Gasteiger partial charge in [-0.2, -0.15) is 0 Å². The summed E-state index contributed by atoms with van der Waals surface area (Å²) in [6.07, 6.45) is 1.98. The lowest BCUT2D eigenvalue weighted by Gasteiger charge is -2.10. The predicted octanol–water partition coefficient (Wildman–Crippen LogP) is 4.52. The highest BCUT2D eigenvalue weighted by Crippen LogP contribution is 2.24. The number of anilines is 2. The summed E-state index contributed by atoms with van der Waals surface area (Å²) < 4.78 is 38.4. The number of nitrogens with one attached hydrogen (secondary N) is 2. The zero-order chi connectivity index (χ0) is 24.1. The molecule has 0 spiro atoms. The van der Waals surface area contributed by atoms with E-state index in [1.54, 1.807) is 42.1 Å². The first-order valence-corrected chi connectivity index (χ1v) is 12.6. The Hall–Kier alpha value is -3.83. The van der Waals surface area contributed by atoms with Crippen LogP contribution < -0.4 is 14.8 Å². The number of benzene rings is 3. The Bertz CT molecular complexity index is 1400. The van der Waals surface area contributed by atoms with Gasteiger partial charge in [-0.05, 0) is 73.0 Å². The molecule has 0 saturated carbocycles. The fourth-order valence-electron chi connectivity index (χ4n) is 2.99. The van der Waals surface area contributed by atoms with Crippen LogP contribution in [0.15, 0.2) is 87.0 Å². The third-order valence-electron chi connectivity index (χ3n) is 4.73. The van der Waals surface area contributed by atoms with Gasteiger partial charge >= 0.3 is 6.01 Å². The van der Waals surface area contributed by atoms with Gasteiger partial charge in [-0.15, -0.1) is 16.9 Å². The molecule has 4 aromatic rings. The Labute approximate surface area is 200 Å². The molecule has 1 amide bonds. The Morgan fingerprint density at radius 1 is 1.00 bits per heavy atom. The van der Waals surface area contributed by atoms with Crippen molar-refractivity contribution in [2.75, 3.05) is 23.4 Å². The normalized spacial score (nSPS) is 11.1. The summed E-state index contributed by atoms with van der Waals surface area (Å²) in [5.41, 5.74) is 1.16. The van der Waals surface area contributed by atoms with Gasteiger partial charge in [0.25, 0.3) is 15.9 Å². The number of sulfonamides is 1. The molecule has 0 saturated heterocycles. The summed E-state index contributed by atoms with van der Waals surface area (Å²) >= 11 is 1.62. The zero-order valence-electron chi connectivity index (χ0n) is 18.2. The molecule has 0 unspecified atom stereocenters. The summed E-state index contributed by atoms with van der Waals surface area (Å²) in [6, 6.07) is 19.5. The first-order chi connectivity index (χ1) is 16.4. The molecule has 0 atom stereocenters. The molecule has 0 bridgehead atoms. The number of carbonyl (C=O) groups is 1. The number of thioether (sulfide) groups is 1. The van der Waals surface area contributed by atoms with Crippen molar-refractivity contribution in [3.8, 4) is 17.2 Å². The number of rotatable bonds is 8. The van der Waals surface area contributed by atoms with Crippen molar-refractivity contribution in [1.29, 1.82) is 0 Å². The molecule has 34 heavy (non-hydrogen) atoms. The minimum Gasteiger partial charge on any atom is -0.497 e. The van der Waals surface area contributed by atoms with Gasteiger partial charge in [-0.1, -0.05) is 11.2 Å². The van der Waals surface area contributed by atoms with Crippen LogP contribution >= 0.6 is 11.8 Å². The van der Waals surface area contributed by atoms with Crippen LogP contribution in [0.2, 0.25) is 0 Å². The van der Waals surface area contributed by atoms with E-state index in [-0.39, 0.29) is 28.1 Å². The standard InChI is InChI=1S/C23H20N4O5S2/c1-31-18-8-12-20(13-9-18)34(29,30)27-17-5-3-4-16(14-17)21(28)24-23-26-25-22(32-23)15-6-10-19(33-2)11-7-15/h3-14,27H,1-2H3,(H,24,26,28). The van der Waals surface area contributed by atoms with Crippen molar-refractivity contribution < 1.29 is 22.4 Å². The number of amides is 1. The molecule has 4 rings (SSSR count). The van der Waals surface area contributed by atoms with Gasteiger partial charge in [-0.25, -0.2) is 8.42 Å². The number of ether oxygens (including phenoxy) is 1. The van der Waals surface area contributed by atoms with E-state index in [0.717, 1.165) is 10.5 Å². The largest absolute Gasteiger partial charge is 0.497 e. The molecule has 0 aliphatic rings. The summed E-state index contributed by atoms with van der Waals surface area (Å²) in [6.45, 7) is 0. The molecule has 1 aromatic heterocycles. The number of hydrogen-bond donors (Lipinski definition) is 2. The van der Waals surface area contributed by atoms with Gasteiger partial charge in [0.15, 0.2) is 0 Å². The van der Waals surface area contributed by atoms with Gasteiger partial charge in [0, 0.05) is 21.7 Å². The van der Waals surface area contributed by atoms with Gasteiger partial charge in [-0.3, -0.25) is 14.8 Å². The lowest BCUT2D eigenvalue weighted by molar-refractivity contribution is 0.102. The molecule has 0 aliphatic carbocycles. The first kappa shape index (κ1) is 23.3. The van der Waals surface area contributed by atoms with E-state index in [4.69, 9.17) is 9.15 Å². The van der Waals surface area contributed by atoms with Crippen LogP contribution in [-0.2, 0) is 10.0 Å². The van der Waals surface area contributed by atoms with Crippen molar-refractivity contribution in [2.24, 2.45) is 0 Å². The Morgan fingerprint density at radius 3 is 2.41 bits per heavy atom. The minimum atomic E-state index is -3.85. The zero-order valence-corrected chi connectivity index (χ0v) is 19.8. The van der Waals surface area contributed by atoms with Crippen LogP contribution in [0.25, 0.3) is 11.5 Å². The number of carbonyl (C=O) groups excluding carboxylic acids is 1. The molecule has 0 aliphatic heterocycles. The van der Waals surface area contributed by atoms with E-state index in [2.05, 4.69) is 20.2 Å². The highest BCUT2D eigenvalue weighted by Gasteiger charge is 2.17. The summed E-state index contributed by atoms with van der Waals surface area (Å²) in [5, 5.41) is 10.4. The van der Waals surface area contributed by atoms with Crippen molar-refractivity contribution >= 4 is 39.4 Å². The van der Waals surface area contributed by atoms with E-state index in [1.807, 2.05) is 30.5 Å². The number of aromatic nitrogens is 2. The summed E-state index contributed by atoms with van der Waals surface area (Å²) in [7, 11) is -2.36. The molecular weight excluding hydrogens is 476 g/mol. The highest BCUT2D eigenvalue weighted by atomic mass is 32.2. The Kier molecular flexibility index (Phi) is 6.85. The van der Waals surface area contributed by atoms with Gasteiger partial charge in [0.1, 0.15) is 5.75 Å². The molecule has 0 fully saturated rings. The van der Waals surface area contributed by atoms with Crippen LogP contribution in [0, 0.1) is 0 Å². The van der Waals surface area contributed by atoms with Crippen LogP contribution in [0.3, 0.4) is 0 Å². The van der Waals surface area contributed by atoms with Crippen molar-refractivity contribution in [3.63, 3.8) is 0 Å². The SMILES string of the molecule is COc1ccc(S(=O)(=O)Nc2cccc(C(=O)Nc3nnc(-c4ccc(SC)cc4)o3)c2)cc1. The van der Waals surface area contributed by atoms with E-state index >= 15 is 0 Å². The summed E-state index contributed by atoms with van der Waals surface area (Å²) in [5.74, 6) is 0.279. The van der Waals surface area contributed by atoms with Gasteiger partial charge < -0.3 is 9.15 Å². The van der Waals surface area contributed by atoms with Crippen LogP contribution in [0.4, 0.5) is 11.7 Å². The maximum Gasteiger partial charge on any atom is 0.322 e. The lowest BCUT2D eigenvalue weighted by atomic mass is 10.2. The summed E-state index contributed by atoms with van der Waals surface area (Å²) in [4.78, 5) is 13.8. The fraction of sp³-hybridized carbons (Fsp3) is 0.0870. The molecule has 9 nitrogen and oxygen atoms in total. The van der Waals surface area contributed by atoms with Crippen LogP contribution in [0.5, 0.6) is 5.75 Å². The average molecular weight is 497 g/mol. The average Bonchev–Trinajstić information content (AvgIpc) is 3.32. The first-order valence-electron chi connectivity index (χ1n) is 9.94. The van der Waals surface area contributed by atoms with Gasteiger partial charge in [0.05, 0.1) is 12.0 Å². The third-order valence-corrected chi connectivity index (χ3v) is 6.87. The van der Waals surface area contributed by atoms with E-state index in [0.29, 0.717) is 5.75 Å². The fourth-order valence-corrected chi connectivity index (χ4v) is 4.44. The van der Waals surface area contributed by atoms with Crippen molar-refractivity contribution in [3.05, 3.63) is 78.4 Å². The maximum atomic E-state index is 12.7. The molecule has 174 valence electrons. The Balaban J connectivity index is 1.46. The highest BCUT2D eigenvalue weighted by molar-refractivity contribution is 7.98. The van der Waals surface area contributed by atoms with E-state index < -0.39 is 15.9 Å². The molecule has 3 aromatic carbocycles.